The molecule has 182 valence electrons. The maximum atomic E-state index is 11.0. The van der Waals surface area contributed by atoms with Crippen LogP contribution in [0.5, 0.6) is 5.75 Å². The number of nitro groups is 1. The number of nitrogens with one attached hydrogen (secondary N) is 2. The molecule has 1 heterocycles. The van der Waals surface area contributed by atoms with Gasteiger partial charge in [0, 0.05) is 36.7 Å². The summed E-state index contributed by atoms with van der Waals surface area (Å²) in [7, 11) is 5.94. The van der Waals surface area contributed by atoms with Crippen molar-refractivity contribution < 1.29 is 14.1 Å². The number of furan rings is 1. The molecule has 0 spiro atoms. The highest BCUT2D eigenvalue weighted by molar-refractivity contribution is 7.98. The van der Waals surface area contributed by atoms with Crippen LogP contribution in [0.2, 0.25) is 0 Å². The van der Waals surface area contributed by atoms with Crippen molar-refractivity contribution in [1.82, 2.24) is 15.5 Å². The molecule has 0 aliphatic rings. The van der Waals surface area contributed by atoms with E-state index in [1.165, 1.54) is 5.56 Å². The van der Waals surface area contributed by atoms with Crippen LogP contribution in [-0.4, -0.2) is 68.8 Å². The number of ether oxygens (including phenoxy) is 1. The number of thioether (sulfide) groups is 1. The minimum Gasteiger partial charge on any atom is -0.494 e. The number of amidine groups is 1. The third-order valence-corrected chi connectivity index (χ3v) is 5.42. The van der Waals surface area contributed by atoms with Crippen LogP contribution in [0.4, 0.5) is 0 Å². The lowest BCUT2D eigenvalue weighted by atomic mass is 10.2. The number of rotatable bonds is 16. The Morgan fingerprint density at radius 1 is 1.27 bits per heavy atom. The van der Waals surface area contributed by atoms with Crippen molar-refractivity contribution in [2.75, 3.05) is 53.1 Å². The zero-order valence-electron chi connectivity index (χ0n) is 19.7. The van der Waals surface area contributed by atoms with Gasteiger partial charge in [0.25, 0.3) is 6.54 Å². The first-order valence-electron chi connectivity index (χ1n) is 11.0. The number of hydrogen-bond acceptors (Lipinski definition) is 8. The van der Waals surface area contributed by atoms with E-state index in [0.29, 0.717) is 38.5 Å². The van der Waals surface area contributed by atoms with E-state index in [4.69, 9.17) is 9.15 Å². The molecule has 2 rings (SSSR count). The average molecular weight is 478 g/mol. The minimum absolute atomic E-state index is 0.302. The van der Waals surface area contributed by atoms with Crippen LogP contribution in [-0.2, 0) is 18.8 Å². The van der Waals surface area contributed by atoms with E-state index >= 15 is 0 Å². The van der Waals surface area contributed by atoms with E-state index in [2.05, 4.69) is 26.6 Å². The van der Waals surface area contributed by atoms with Gasteiger partial charge in [-0.05, 0) is 51.0 Å². The molecule has 1 aromatic carbocycles. The predicted molar refractivity (Wildman–Crippen MR) is 134 cm³/mol. The van der Waals surface area contributed by atoms with Crippen molar-refractivity contribution in [2.45, 2.75) is 25.3 Å². The first-order valence-corrected chi connectivity index (χ1v) is 12.2. The van der Waals surface area contributed by atoms with Crippen molar-refractivity contribution >= 4 is 17.6 Å². The van der Waals surface area contributed by atoms with E-state index in [0.717, 1.165) is 35.3 Å². The number of aliphatic imine (C=N–C) groups is 1. The molecule has 0 saturated carbocycles. The second-order valence-corrected chi connectivity index (χ2v) is 8.89. The zero-order chi connectivity index (χ0) is 23.9. The lowest BCUT2D eigenvalue weighted by Gasteiger charge is -2.11. The molecule has 9 nitrogen and oxygen atoms in total. The SMILES string of the molecule is CNCc1ccc(CSCCNC(C[N+](=O)[O-])=NCCCOc2cccc(CN(C)C)c2)o1. The molecular weight excluding hydrogens is 442 g/mol. The third kappa shape index (κ3) is 11.7. The molecule has 0 aliphatic carbocycles. The Bertz CT molecular complexity index is 872. The molecule has 1 aromatic heterocycles. The molecule has 0 fully saturated rings. The second kappa shape index (κ2) is 15.3. The van der Waals surface area contributed by atoms with Gasteiger partial charge in [-0.25, -0.2) is 0 Å². The van der Waals surface area contributed by atoms with Gasteiger partial charge in [-0.1, -0.05) is 12.1 Å². The third-order valence-electron chi connectivity index (χ3n) is 4.44. The van der Waals surface area contributed by atoms with Crippen LogP contribution in [0.25, 0.3) is 0 Å². The highest BCUT2D eigenvalue weighted by Crippen LogP contribution is 2.15. The fourth-order valence-corrected chi connectivity index (χ4v) is 3.81. The smallest absolute Gasteiger partial charge is 0.259 e. The second-order valence-electron chi connectivity index (χ2n) is 7.78. The van der Waals surface area contributed by atoms with Crippen LogP contribution < -0.4 is 15.4 Å². The topological polar surface area (TPSA) is 105 Å². The molecule has 0 unspecified atom stereocenters. The highest BCUT2D eigenvalue weighted by Gasteiger charge is 2.07. The van der Waals surface area contributed by atoms with Gasteiger partial charge in [-0.15, -0.1) is 0 Å². The Morgan fingerprint density at radius 3 is 2.85 bits per heavy atom. The van der Waals surface area contributed by atoms with Crippen LogP contribution >= 0.6 is 11.8 Å². The lowest BCUT2D eigenvalue weighted by molar-refractivity contribution is -0.463. The minimum atomic E-state index is -0.363. The number of nitrogens with zero attached hydrogens (tertiary/aromatic N) is 3. The largest absolute Gasteiger partial charge is 0.494 e. The number of hydrogen-bond donors (Lipinski definition) is 2. The molecule has 0 atom stereocenters. The first-order chi connectivity index (χ1) is 16.0. The van der Waals surface area contributed by atoms with Crippen molar-refractivity contribution in [1.29, 1.82) is 0 Å². The van der Waals surface area contributed by atoms with Crippen LogP contribution in [0.3, 0.4) is 0 Å². The van der Waals surface area contributed by atoms with Crippen LogP contribution in [0.15, 0.2) is 45.8 Å². The fraction of sp³-hybridized carbons (Fsp3) is 0.522. The molecular formula is C23H35N5O4S. The monoisotopic (exact) mass is 477 g/mol. The quantitative estimate of drug-likeness (QED) is 0.125. The van der Waals surface area contributed by atoms with Gasteiger partial charge >= 0.3 is 0 Å². The molecule has 0 amide bonds. The van der Waals surface area contributed by atoms with Crippen molar-refractivity contribution in [2.24, 2.45) is 4.99 Å². The summed E-state index contributed by atoms with van der Waals surface area (Å²) in [5, 5.41) is 17.1. The molecule has 2 aromatic rings. The Balaban J connectivity index is 1.67. The maximum absolute atomic E-state index is 11.0. The van der Waals surface area contributed by atoms with Gasteiger partial charge in [0.1, 0.15) is 17.3 Å². The average Bonchev–Trinajstić information content (AvgIpc) is 3.20. The van der Waals surface area contributed by atoms with Gasteiger partial charge in [0.15, 0.2) is 5.84 Å². The summed E-state index contributed by atoms with van der Waals surface area (Å²) in [5.41, 5.74) is 1.19. The van der Waals surface area contributed by atoms with Gasteiger partial charge in [-0.3, -0.25) is 15.1 Å². The van der Waals surface area contributed by atoms with Crippen LogP contribution in [0.1, 0.15) is 23.5 Å². The predicted octanol–water partition coefficient (Wildman–Crippen LogP) is 3.03. The van der Waals surface area contributed by atoms with E-state index in [1.54, 1.807) is 11.8 Å². The summed E-state index contributed by atoms with van der Waals surface area (Å²) in [6.45, 7) is 2.85. The summed E-state index contributed by atoms with van der Waals surface area (Å²) in [5.74, 6) is 4.64. The Morgan fingerprint density at radius 2 is 2.09 bits per heavy atom. The fourth-order valence-electron chi connectivity index (χ4n) is 3.06. The molecule has 10 heteroatoms. The molecule has 0 radical (unpaired) electrons. The Labute approximate surface area is 200 Å². The summed E-state index contributed by atoms with van der Waals surface area (Å²) in [6.07, 6.45) is 0.684. The van der Waals surface area contributed by atoms with Crippen LogP contribution in [0, 0.1) is 10.1 Å². The normalized spacial score (nSPS) is 11.7. The highest BCUT2D eigenvalue weighted by atomic mass is 32.2. The van der Waals surface area contributed by atoms with E-state index in [1.807, 2.05) is 51.5 Å². The van der Waals surface area contributed by atoms with Crippen molar-refractivity contribution in [3.05, 3.63) is 63.6 Å². The summed E-state index contributed by atoms with van der Waals surface area (Å²) in [4.78, 5) is 17.1. The summed E-state index contributed by atoms with van der Waals surface area (Å²) >= 11 is 1.71. The first kappa shape index (κ1) is 26.7. The van der Waals surface area contributed by atoms with Crippen molar-refractivity contribution in [3.63, 3.8) is 0 Å². The van der Waals surface area contributed by atoms with Gasteiger partial charge in [-0.2, -0.15) is 11.8 Å². The summed E-state index contributed by atoms with van der Waals surface area (Å²) < 4.78 is 11.5. The molecule has 33 heavy (non-hydrogen) atoms. The molecule has 0 saturated heterocycles. The van der Waals surface area contributed by atoms with E-state index < -0.39 is 0 Å². The Hall–Kier alpha value is -2.56. The van der Waals surface area contributed by atoms with E-state index in [9.17, 15) is 10.1 Å². The Kier molecular flexibility index (Phi) is 12.4. The number of benzene rings is 1. The maximum Gasteiger partial charge on any atom is 0.259 e. The van der Waals surface area contributed by atoms with Gasteiger partial charge in [0.2, 0.25) is 0 Å². The summed E-state index contributed by atoms with van der Waals surface area (Å²) in [6, 6.07) is 12.0. The lowest BCUT2D eigenvalue weighted by Crippen LogP contribution is -2.32. The molecule has 2 N–H and O–H groups in total. The van der Waals surface area contributed by atoms with Gasteiger partial charge < -0.3 is 24.7 Å². The van der Waals surface area contributed by atoms with Crippen molar-refractivity contribution in [3.8, 4) is 5.75 Å². The zero-order valence-corrected chi connectivity index (χ0v) is 20.5. The van der Waals surface area contributed by atoms with E-state index in [-0.39, 0.29) is 11.5 Å². The molecule has 0 bridgehead atoms. The standard InChI is InChI=1S/C23H35N5O4S/c1-24-15-21-8-9-22(32-21)18-33-13-11-26-23(17-28(29)30)25-10-5-12-31-20-7-4-6-19(14-20)16-27(2)3/h4,6-9,14,24H,5,10-13,15-18H2,1-3H3,(H,25,26). The van der Waals surface area contributed by atoms with Gasteiger partial charge in [0.05, 0.1) is 18.9 Å². The molecule has 0 aliphatic heterocycles.